The number of nitrogens with zero attached hydrogens (tertiary/aromatic N) is 1. The number of amides is 3. The summed E-state index contributed by atoms with van der Waals surface area (Å²) in [5.74, 6) is -1.03. The van der Waals surface area contributed by atoms with Crippen LogP contribution in [0.4, 0.5) is 4.79 Å². The van der Waals surface area contributed by atoms with Crippen molar-refractivity contribution in [2.75, 3.05) is 20.2 Å². The third-order valence-electron chi connectivity index (χ3n) is 5.64. The number of alkyl carbamates (subject to hydrolysis) is 1. The minimum atomic E-state index is -4.16. The van der Waals surface area contributed by atoms with E-state index in [0.29, 0.717) is 25.1 Å². The SMILES string of the molecule is COc1ccc(S(=O)(=O)N2C[C@H](NC(=O)[C@H](CCCCN)NC(=O)OC(C)(C)C)C[C@@H]2C(=O)NO)cc1. The Morgan fingerprint density at radius 1 is 1.19 bits per heavy atom. The van der Waals surface area contributed by atoms with E-state index >= 15 is 0 Å². The first-order valence-electron chi connectivity index (χ1n) is 11.9. The van der Waals surface area contributed by atoms with Gasteiger partial charge in [-0.1, -0.05) is 0 Å². The van der Waals surface area contributed by atoms with Gasteiger partial charge in [-0.05, 0) is 77.3 Å². The van der Waals surface area contributed by atoms with Crippen LogP contribution in [-0.2, 0) is 24.3 Å². The number of methoxy groups -OCH3 is 1. The lowest BCUT2D eigenvalue weighted by Crippen LogP contribution is -2.51. The summed E-state index contributed by atoms with van der Waals surface area (Å²) in [7, 11) is -2.72. The smallest absolute Gasteiger partial charge is 0.408 e. The van der Waals surface area contributed by atoms with Crippen LogP contribution in [0.15, 0.2) is 29.2 Å². The van der Waals surface area contributed by atoms with Crippen LogP contribution in [0.2, 0.25) is 0 Å². The minimum absolute atomic E-state index is 0.0812. The summed E-state index contributed by atoms with van der Waals surface area (Å²) >= 11 is 0. The topological polar surface area (TPSA) is 189 Å². The van der Waals surface area contributed by atoms with Crippen molar-refractivity contribution in [3.8, 4) is 5.75 Å². The van der Waals surface area contributed by atoms with Gasteiger partial charge in [-0.15, -0.1) is 0 Å². The van der Waals surface area contributed by atoms with Crippen LogP contribution in [0.25, 0.3) is 0 Å². The fourth-order valence-corrected chi connectivity index (χ4v) is 5.53. The first-order valence-corrected chi connectivity index (χ1v) is 13.4. The van der Waals surface area contributed by atoms with E-state index in [-0.39, 0.29) is 24.3 Å². The van der Waals surface area contributed by atoms with Crippen molar-refractivity contribution in [3.63, 3.8) is 0 Å². The molecule has 0 aromatic heterocycles. The second-order valence-corrected chi connectivity index (χ2v) is 11.6. The van der Waals surface area contributed by atoms with Gasteiger partial charge in [-0.3, -0.25) is 14.8 Å². The predicted molar refractivity (Wildman–Crippen MR) is 133 cm³/mol. The Morgan fingerprint density at radius 3 is 2.38 bits per heavy atom. The molecule has 1 fully saturated rings. The normalized spacial score (nSPS) is 19.1. The number of nitrogens with two attached hydrogens (primary N) is 1. The number of carbonyl (C=O) groups is 3. The summed E-state index contributed by atoms with van der Waals surface area (Å²) < 4.78 is 37.9. The zero-order valence-corrected chi connectivity index (χ0v) is 22.3. The van der Waals surface area contributed by atoms with Gasteiger partial charge in [0, 0.05) is 12.6 Å². The highest BCUT2D eigenvalue weighted by molar-refractivity contribution is 7.89. The Bertz CT molecular complexity index is 1040. The zero-order valence-electron chi connectivity index (χ0n) is 21.5. The van der Waals surface area contributed by atoms with E-state index in [0.717, 1.165) is 4.31 Å². The molecule has 0 radical (unpaired) electrons. The summed E-state index contributed by atoms with van der Waals surface area (Å²) in [6, 6.07) is 2.63. The van der Waals surface area contributed by atoms with Crippen LogP contribution < -0.4 is 26.6 Å². The van der Waals surface area contributed by atoms with E-state index in [1.807, 2.05) is 0 Å². The van der Waals surface area contributed by atoms with Crippen molar-refractivity contribution in [2.24, 2.45) is 5.73 Å². The largest absolute Gasteiger partial charge is 0.497 e. The van der Waals surface area contributed by atoms with Crippen molar-refractivity contribution in [1.82, 2.24) is 20.4 Å². The average Bonchev–Trinajstić information content (AvgIpc) is 3.26. The number of nitrogens with one attached hydrogen (secondary N) is 3. The molecule has 14 heteroatoms. The van der Waals surface area contributed by atoms with Gasteiger partial charge < -0.3 is 25.8 Å². The van der Waals surface area contributed by atoms with Crippen molar-refractivity contribution in [1.29, 1.82) is 0 Å². The Morgan fingerprint density at radius 2 is 1.84 bits per heavy atom. The van der Waals surface area contributed by atoms with E-state index in [1.165, 1.54) is 36.9 Å². The molecule has 1 aliphatic rings. The van der Waals surface area contributed by atoms with Crippen LogP contribution in [-0.4, -0.2) is 79.8 Å². The molecule has 1 heterocycles. The first-order chi connectivity index (χ1) is 17.3. The Hall–Kier alpha value is -2.94. The molecule has 1 aromatic carbocycles. The van der Waals surface area contributed by atoms with Crippen molar-refractivity contribution in [2.45, 2.75) is 75.1 Å². The summed E-state index contributed by atoms with van der Waals surface area (Å²) in [5.41, 5.74) is 6.27. The van der Waals surface area contributed by atoms with Crippen LogP contribution in [0.3, 0.4) is 0 Å². The van der Waals surface area contributed by atoms with E-state index in [2.05, 4.69) is 10.6 Å². The minimum Gasteiger partial charge on any atom is -0.497 e. The molecule has 37 heavy (non-hydrogen) atoms. The van der Waals surface area contributed by atoms with Crippen LogP contribution in [0.1, 0.15) is 46.5 Å². The van der Waals surface area contributed by atoms with Crippen molar-refractivity contribution in [3.05, 3.63) is 24.3 Å². The number of hydroxylamine groups is 1. The molecule has 1 aliphatic heterocycles. The molecule has 6 N–H and O–H groups in total. The fraction of sp³-hybridized carbons (Fsp3) is 0.609. The fourth-order valence-electron chi connectivity index (χ4n) is 3.88. The van der Waals surface area contributed by atoms with Crippen LogP contribution in [0, 0.1) is 0 Å². The molecule has 1 aromatic rings. The molecule has 13 nitrogen and oxygen atoms in total. The van der Waals surface area contributed by atoms with E-state index in [1.54, 1.807) is 20.8 Å². The van der Waals surface area contributed by atoms with Gasteiger partial charge >= 0.3 is 6.09 Å². The number of rotatable bonds is 11. The molecule has 0 unspecified atom stereocenters. The molecule has 3 atom stereocenters. The van der Waals surface area contributed by atoms with Crippen molar-refractivity contribution < 1.29 is 37.5 Å². The first kappa shape index (κ1) is 30.3. The maximum atomic E-state index is 13.3. The molecule has 0 saturated carbocycles. The molecule has 208 valence electrons. The highest BCUT2D eigenvalue weighted by atomic mass is 32.2. The third kappa shape index (κ3) is 8.55. The number of hydrogen-bond donors (Lipinski definition) is 5. The number of hydrogen-bond acceptors (Lipinski definition) is 9. The number of sulfonamides is 1. The molecule has 1 saturated heterocycles. The molecule has 0 bridgehead atoms. The average molecular weight is 544 g/mol. The predicted octanol–water partition coefficient (Wildman–Crippen LogP) is 0.471. The van der Waals surface area contributed by atoms with Gasteiger partial charge in [0.2, 0.25) is 15.9 Å². The second-order valence-electron chi connectivity index (χ2n) is 9.67. The monoisotopic (exact) mass is 543 g/mol. The van der Waals surface area contributed by atoms with Gasteiger partial charge in [0.05, 0.1) is 12.0 Å². The van der Waals surface area contributed by atoms with Crippen LogP contribution in [0.5, 0.6) is 5.75 Å². The zero-order chi connectivity index (χ0) is 27.8. The molecule has 2 rings (SSSR count). The molecule has 0 spiro atoms. The summed E-state index contributed by atoms with van der Waals surface area (Å²) in [6.45, 7) is 5.27. The highest BCUT2D eigenvalue weighted by Crippen LogP contribution is 2.28. The lowest BCUT2D eigenvalue weighted by atomic mass is 10.1. The molecule has 3 amide bonds. The van der Waals surface area contributed by atoms with Gasteiger partial charge in [-0.2, -0.15) is 4.31 Å². The Balaban J connectivity index is 2.20. The van der Waals surface area contributed by atoms with Gasteiger partial charge in [0.15, 0.2) is 0 Å². The Kier molecular flexibility index (Phi) is 10.7. The van der Waals surface area contributed by atoms with Gasteiger partial charge in [0.1, 0.15) is 23.4 Å². The number of unbranched alkanes of at least 4 members (excludes halogenated alkanes) is 1. The number of ether oxygens (including phenoxy) is 2. The number of benzene rings is 1. The highest BCUT2D eigenvalue weighted by Gasteiger charge is 2.45. The molecular formula is C23H37N5O8S. The van der Waals surface area contributed by atoms with E-state index < -0.39 is 51.7 Å². The molecule has 0 aliphatic carbocycles. The number of carbonyl (C=O) groups excluding carboxylic acids is 3. The lowest BCUT2D eigenvalue weighted by molar-refractivity contribution is -0.132. The Labute approximate surface area is 217 Å². The maximum absolute atomic E-state index is 13.3. The third-order valence-corrected chi connectivity index (χ3v) is 7.52. The standard InChI is InChI=1S/C23H37N5O8S/c1-23(2,3)36-22(31)26-18(7-5-6-12-24)20(29)25-15-13-19(21(30)27-32)28(14-15)37(33,34)17-10-8-16(35-4)9-11-17/h8-11,15,18-19,32H,5-7,12-14,24H2,1-4H3,(H,25,29)(H,26,31)(H,27,30)/t15-,18+,19-/m1/s1. The second kappa shape index (κ2) is 13.0. The van der Waals surface area contributed by atoms with Gasteiger partial charge in [0.25, 0.3) is 5.91 Å². The lowest BCUT2D eigenvalue weighted by Gasteiger charge is -2.24. The van der Waals surface area contributed by atoms with Crippen molar-refractivity contribution >= 4 is 27.9 Å². The van der Waals surface area contributed by atoms with Gasteiger partial charge in [-0.25, -0.2) is 18.7 Å². The van der Waals surface area contributed by atoms with Crippen LogP contribution >= 0.6 is 0 Å². The van der Waals surface area contributed by atoms with E-state index in [4.69, 9.17) is 15.2 Å². The van der Waals surface area contributed by atoms with E-state index in [9.17, 15) is 28.0 Å². The summed E-state index contributed by atoms with van der Waals surface area (Å²) in [6.07, 6.45) is 0.616. The summed E-state index contributed by atoms with van der Waals surface area (Å²) in [5, 5.41) is 14.5. The maximum Gasteiger partial charge on any atom is 0.408 e. The molecular weight excluding hydrogens is 506 g/mol. The summed E-state index contributed by atoms with van der Waals surface area (Å²) in [4.78, 5) is 37.6. The quantitative estimate of drug-likeness (QED) is 0.150.